The maximum Gasteiger partial charge on any atom is 0.0147 e. The highest BCUT2D eigenvalue weighted by Gasteiger charge is 2.46. The molecule has 1 heteroatoms. The van der Waals surface area contributed by atoms with E-state index in [9.17, 15) is 0 Å². The fourth-order valence-electron chi connectivity index (χ4n) is 4.53. The lowest BCUT2D eigenvalue weighted by Gasteiger charge is -2.51. The SMILES string of the molecule is CCC(C)C1CC=C2C[C@@H](I)CC[C@]2(C)C1CC. The van der Waals surface area contributed by atoms with Crippen LogP contribution in [-0.2, 0) is 0 Å². The molecule has 0 nitrogen and oxygen atoms in total. The van der Waals surface area contributed by atoms with Gasteiger partial charge in [0, 0.05) is 3.92 Å². The van der Waals surface area contributed by atoms with Crippen molar-refractivity contribution < 1.29 is 0 Å². The molecule has 2 rings (SSSR count). The first-order valence-corrected chi connectivity index (χ1v) is 9.11. The fourth-order valence-corrected chi connectivity index (χ4v) is 5.32. The van der Waals surface area contributed by atoms with Crippen LogP contribution in [-0.4, -0.2) is 3.92 Å². The molecule has 3 unspecified atom stereocenters. The molecule has 1 fully saturated rings. The minimum Gasteiger partial charge on any atom is -0.0844 e. The van der Waals surface area contributed by atoms with E-state index in [2.05, 4.69) is 56.4 Å². The number of hydrogen-bond donors (Lipinski definition) is 0. The van der Waals surface area contributed by atoms with Gasteiger partial charge in [-0.05, 0) is 48.9 Å². The zero-order chi connectivity index (χ0) is 13.3. The highest BCUT2D eigenvalue weighted by molar-refractivity contribution is 14.1. The van der Waals surface area contributed by atoms with Gasteiger partial charge in [0.2, 0.25) is 0 Å². The molecule has 0 aromatic heterocycles. The monoisotopic (exact) mass is 360 g/mol. The summed E-state index contributed by atoms with van der Waals surface area (Å²) in [5, 5.41) is 0. The first-order chi connectivity index (χ1) is 8.52. The van der Waals surface area contributed by atoms with Crippen LogP contribution in [0.5, 0.6) is 0 Å². The topological polar surface area (TPSA) is 0 Å². The molecule has 0 aromatic rings. The largest absolute Gasteiger partial charge is 0.0844 e. The lowest BCUT2D eigenvalue weighted by molar-refractivity contribution is 0.0743. The van der Waals surface area contributed by atoms with Gasteiger partial charge in [0.05, 0.1) is 0 Å². The minimum absolute atomic E-state index is 0.531. The Balaban J connectivity index is 2.28. The molecular formula is C17H29I. The van der Waals surface area contributed by atoms with Crippen molar-refractivity contribution in [1.82, 2.24) is 0 Å². The number of fused-ring (bicyclic) bond motifs is 1. The molecule has 0 bridgehead atoms. The van der Waals surface area contributed by atoms with Gasteiger partial charge in [-0.2, -0.15) is 0 Å². The van der Waals surface area contributed by atoms with Gasteiger partial charge in [-0.3, -0.25) is 0 Å². The Bertz CT molecular complexity index is 320. The van der Waals surface area contributed by atoms with Crippen molar-refractivity contribution in [3.63, 3.8) is 0 Å². The second-order valence-corrected chi connectivity index (χ2v) is 8.55. The highest BCUT2D eigenvalue weighted by Crippen LogP contribution is 2.56. The fraction of sp³-hybridized carbons (Fsp3) is 0.882. The number of rotatable bonds is 3. The van der Waals surface area contributed by atoms with E-state index in [0.717, 1.165) is 21.7 Å². The third-order valence-corrected chi connectivity index (χ3v) is 7.00. The summed E-state index contributed by atoms with van der Waals surface area (Å²) >= 11 is 2.66. The summed E-state index contributed by atoms with van der Waals surface area (Å²) in [5.74, 6) is 2.75. The summed E-state index contributed by atoms with van der Waals surface area (Å²) in [6, 6.07) is 0. The summed E-state index contributed by atoms with van der Waals surface area (Å²) in [5.41, 5.74) is 2.34. The molecule has 5 atom stereocenters. The first-order valence-electron chi connectivity index (χ1n) is 7.86. The third-order valence-electron chi connectivity index (χ3n) is 5.94. The zero-order valence-corrected chi connectivity index (χ0v) is 14.7. The molecule has 104 valence electrons. The van der Waals surface area contributed by atoms with Crippen LogP contribution >= 0.6 is 22.6 Å². The first kappa shape index (κ1) is 14.9. The van der Waals surface area contributed by atoms with Crippen molar-refractivity contribution in [3.05, 3.63) is 11.6 Å². The summed E-state index contributed by atoms with van der Waals surface area (Å²) in [6.07, 6.45) is 10.9. The second kappa shape index (κ2) is 5.85. The summed E-state index contributed by atoms with van der Waals surface area (Å²) in [4.78, 5) is 0. The van der Waals surface area contributed by atoms with Crippen LogP contribution in [0.1, 0.15) is 66.2 Å². The van der Waals surface area contributed by atoms with Crippen LogP contribution < -0.4 is 0 Å². The van der Waals surface area contributed by atoms with E-state index < -0.39 is 0 Å². The van der Waals surface area contributed by atoms with E-state index >= 15 is 0 Å². The maximum absolute atomic E-state index is 2.66. The molecule has 0 amide bonds. The zero-order valence-electron chi connectivity index (χ0n) is 12.5. The molecule has 0 heterocycles. The lowest BCUT2D eigenvalue weighted by atomic mass is 9.54. The summed E-state index contributed by atoms with van der Waals surface area (Å²) in [6.45, 7) is 9.83. The van der Waals surface area contributed by atoms with Gasteiger partial charge in [0.1, 0.15) is 0 Å². The van der Waals surface area contributed by atoms with Gasteiger partial charge in [0.25, 0.3) is 0 Å². The Morgan fingerprint density at radius 3 is 2.78 bits per heavy atom. The molecule has 2 aliphatic carbocycles. The molecule has 0 saturated heterocycles. The number of halogens is 1. The van der Waals surface area contributed by atoms with E-state index in [4.69, 9.17) is 0 Å². The van der Waals surface area contributed by atoms with Crippen LogP contribution in [0.25, 0.3) is 0 Å². The van der Waals surface area contributed by atoms with Crippen LogP contribution in [0.2, 0.25) is 0 Å². The Labute approximate surface area is 127 Å². The standard InChI is InChI=1S/C17H29I/c1-5-12(3)15-8-7-13-11-14(18)9-10-17(13,4)16(15)6-2/h7,12,14-16H,5-6,8-11H2,1-4H3/t12?,14-,15?,16?,17-/m0/s1. The molecule has 0 aromatic carbocycles. The Hall–Kier alpha value is 0.470. The van der Waals surface area contributed by atoms with E-state index in [0.29, 0.717) is 5.41 Å². The van der Waals surface area contributed by atoms with Crippen molar-refractivity contribution in [1.29, 1.82) is 0 Å². The van der Waals surface area contributed by atoms with Gasteiger partial charge >= 0.3 is 0 Å². The third kappa shape index (κ3) is 2.53. The quantitative estimate of drug-likeness (QED) is 0.329. The van der Waals surface area contributed by atoms with Crippen molar-refractivity contribution in [3.8, 4) is 0 Å². The van der Waals surface area contributed by atoms with Gasteiger partial charge < -0.3 is 0 Å². The molecule has 2 aliphatic rings. The molecule has 0 N–H and O–H groups in total. The van der Waals surface area contributed by atoms with Crippen LogP contribution in [0, 0.1) is 23.2 Å². The molecule has 0 radical (unpaired) electrons. The molecule has 1 saturated carbocycles. The van der Waals surface area contributed by atoms with Crippen molar-refractivity contribution in [2.45, 2.75) is 70.1 Å². The van der Waals surface area contributed by atoms with Crippen LogP contribution in [0.3, 0.4) is 0 Å². The van der Waals surface area contributed by atoms with Gasteiger partial charge in [-0.15, -0.1) is 0 Å². The predicted molar refractivity (Wildman–Crippen MR) is 89.2 cm³/mol. The van der Waals surface area contributed by atoms with E-state index in [1.807, 2.05) is 0 Å². The Morgan fingerprint density at radius 2 is 2.17 bits per heavy atom. The second-order valence-electron chi connectivity index (χ2n) is 6.79. The minimum atomic E-state index is 0.531. The number of hydrogen-bond acceptors (Lipinski definition) is 0. The normalized spacial score (nSPS) is 42.1. The van der Waals surface area contributed by atoms with Crippen molar-refractivity contribution >= 4 is 22.6 Å². The lowest BCUT2D eigenvalue weighted by Crippen LogP contribution is -2.42. The average molecular weight is 360 g/mol. The van der Waals surface area contributed by atoms with E-state index in [1.165, 1.54) is 38.5 Å². The summed E-state index contributed by atoms with van der Waals surface area (Å²) < 4.78 is 0.888. The predicted octanol–water partition coefficient (Wildman–Crippen LogP) is 6.00. The van der Waals surface area contributed by atoms with E-state index in [-0.39, 0.29) is 0 Å². The maximum atomic E-state index is 2.66. The smallest absolute Gasteiger partial charge is 0.0147 e. The highest BCUT2D eigenvalue weighted by atomic mass is 127. The number of allylic oxidation sites excluding steroid dienone is 2. The molecule has 0 aliphatic heterocycles. The molecular weight excluding hydrogens is 331 g/mol. The van der Waals surface area contributed by atoms with E-state index in [1.54, 1.807) is 5.57 Å². The molecule has 0 spiro atoms. The van der Waals surface area contributed by atoms with Crippen LogP contribution in [0.15, 0.2) is 11.6 Å². The van der Waals surface area contributed by atoms with Crippen molar-refractivity contribution in [2.75, 3.05) is 0 Å². The number of alkyl halides is 1. The molecule has 18 heavy (non-hydrogen) atoms. The van der Waals surface area contributed by atoms with Crippen molar-refractivity contribution in [2.24, 2.45) is 23.2 Å². The summed E-state index contributed by atoms with van der Waals surface area (Å²) in [7, 11) is 0. The van der Waals surface area contributed by atoms with Gasteiger partial charge in [-0.25, -0.2) is 0 Å². The Morgan fingerprint density at radius 1 is 1.44 bits per heavy atom. The Kier molecular flexibility index (Phi) is 4.83. The van der Waals surface area contributed by atoms with Gasteiger partial charge in [0.15, 0.2) is 0 Å². The van der Waals surface area contributed by atoms with Gasteiger partial charge in [-0.1, -0.05) is 74.8 Å². The average Bonchev–Trinajstić information content (AvgIpc) is 2.37. The van der Waals surface area contributed by atoms with Crippen LogP contribution in [0.4, 0.5) is 0 Å².